The van der Waals surface area contributed by atoms with Gasteiger partial charge in [0.1, 0.15) is 0 Å². The molecule has 0 fully saturated rings. The Morgan fingerprint density at radius 2 is 0.512 bits per heavy atom. The number of rotatable bonds is 38. The fraction of sp³-hybridized carbons (Fsp3) is 1.00. The Bertz CT molecular complexity index is 440. The summed E-state index contributed by atoms with van der Waals surface area (Å²) in [7, 11) is 0. The fourth-order valence-corrected chi connectivity index (χ4v) is 9.24. The zero-order valence-electron chi connectivity index (χ0n) is 29.9. The molecule has 0 bridgehead atoms. The van der Waals surface area contributed by atoms with Crippen LogP contribution in [0.25, 0.3) is 0 Å². The van der Waals surface area contributed by atoms with Crippen LogP contribution in [0, 0.1) is 0 Å². The summed E-state index contributed by atoms with van der Waals surface area (Å²) in [4.78, 5) is 0. The number of hydrogen-bond acceptors (Lipinski definition) is 3. The van der Waals surface area contributed by atoms with Gasteiger partial charge in [-0.2, -0.15) is 37.0 Å². The van der Waals surface area contributed by atoms with Crippen molar-refractivity contribution in [2.75, 3.05) is 11.5 Å². The van der Waals surface area contributed by atoms with Gasteiger partial charge in [-0.25, -0.2) is 0 Å². The van der Waals surface area contributed by atoms with Crippen molar-refractivity contribution in [1.82, 2.24) is 0 Å². The molecule has 260 valence electrons. The Kier molecular flexibility index (Phi) is 40.2. The Morgan fingerprint density at radius 3 is 0.721 bits per heavy atom. The van der Waals surface area contributed by atoms with Crippen LogP contribution in [-0.2, 0) is 0 Å². The molecular formula is C40H82S3. The molecule has 0 aromatic carbocycles. The Labute approximate surface area is 289 Å². The molecule has 0 aliphatic carbocycles. The lowest BCUT2D eigenvalue weighted by Crippen LogP contribution is -2.13. The first-order valence-electron chi connectivity index (χ1n) is 20.2. The summed E-state index contributed by atoms with van der Waals surface area (Å²) in [6.07, 6.45) is 49.0. The molecule has 0 saturated heterocycles. The third-order valence-electron chi connectivity index (χ3n) is 9.55. The second-order valence-corrected chi connectivity index (χ2v) is 16.4. The number of unbranched alkanes of at least 4 members (excludes halogenated alkanes) is 28. The fourth-order valence-electron chi connectivity index (χ4n) is 6.61. The number of thiol groups is 2. The minimum Gasteiger partial charge on any atom is -0.179 e. The predicted octanol–water partition coefficient (Wildman–Crippen LogP) is 15.6. The van der Waals surface area contributed by atoms with E-state index in [0.717, 1.165) is 22.0 Å². The highest BCUT2D eigenvalue weighted by Crippen LogP contribution is 2.31. The maximum absolute atomic E-state index is 4.62. The van der Waals surface area contributed by atoms with Gasteiger partial charge in [0.2, 0.25) is 0 Å². The third kappa shape index (κ3) is 35.7. The van der Waals surface area contributed by atoms with Crippen LogP contribution in [0.15, 0.2) is 0 Å². The molecule has 2 atom stereocenters. The molecule has 0 heterocycles. The van der Waals surface area contributed by atoms with Crippen LogP contribution < -0.4 is 0 Å². The SMILES string of the molecule is CCCCCCCCCCCCCCCCCC(CCS)SC(CCS)CCCCCCCCCCCCCCCCC. The van der Waals surface area contributed by atoms with Crippen LogP contribution in [0.4, 0.5) is 0 Å². The van der Waals surface area contributed by atoms with Gasteiger partial charge >= 0.3 is 0 Å². The first kappa shape index (κ1) is 44.0. The van der Waals surface area contributed by atoms with E-state index >= 15 is 0 Å². The molecule has 0 aromatic rings. The van der Waals surface area contributed by atoms with Gasteiger partial charge in [0.15, 0.2) is 0 Å². The van der Waals surface area contributed by atoms with Gasteiger partial charge in [-0.05, 0) is 37.2 Å². The van der Waals surface area contributed by atoms with Crippen LogP contribution in [0.5, 0.6) is 0 Å². The summed E-state index contributed by atoms with van der Waals surface area (Å²) in [5.74, 6) is 2.09. The average Bonchev–Trinajstić information content (AvgIpc) is 3.01. The Balaban J connectivity index is 3.71. The average molecular weight is 659 g/mol. The molecule has 0 nitrogen and oxygen atoms in total. The van der Waals surface area contributed by atoms with Crippen molar-refractivity contribution in [3.63, 3.8) is 0 Å². The molecule has 0 aliphatic heterocycles. The van der Waals surface area contributed by atoms with Gasteiger partial charge in [0.05, 0.1) is 0 Å². The zero-order chi connectivity index (χ0) is 31.3. The normalized spacial score (nSPS) is 13.1. The molecule has 0 rings (SSSR count). The third-order valence-corrected chi connectivity index (χ3v) is 11.8. The topological polar surface area (TPSA) is 0 Å². The second-order valence-electron chi connectivity index (χ2n) is 13.9. The lowest BCUT2D eigenvalue weighted by Gasteiger charge is -2.23. The van der Waals surface area contributed by atoms with Crippen molar-refractivity contribution in [3.05, 3.63) is 0 Å². The highest BCUT2D eigenvalue weighted by Gasteiger charge is 2.16. The molecule has 0 saturated carbocycles. The van der Waals surface area contributed by atoms with E-state index in [-0.39, 0.29) is 0 Å². The van der Waals surface area contributed by atoms with Crippen molar-refractivity contribution < 1.29 is 0 Å². The first-order valence-corrected chi connectivity index (χ1v) is 22.4. The number of thioether (sulfide) groups is 1. The van der Waals surface area contributed by atoms with E-state index in [1.165, 1.54) is 218 Å². The molecule has 0 N–H and O–H groups in total. The summed E-state index contributed by atoms with van der Waals surface area (Å²) in [6.45, 7) is 4.62. The monoisotopic (exact) mass is 659 g/mol. The molecule has 0 aromatic heterocycles. The van der Waals surface area contributed by atoms with Gasteiger partial charge < -0.3 is 0 Å². The van der Waals surface area contributed by atoms with E-state index in [1.807, 2.05) is 0 Å². The van der Waals surface area contributed by atoms with Gasteiger partial charge in [-0.1, -0.05) is 206 Å². The van der Waals surface area contributed by atoms with Crippen molar-refractivity contribution in [2.45, 2.75) is 243 Å². The second kappa shape index (κ2) is 39.2. The number of hydrogen-bond donors (Lipinski definition) is 2. The van der Waals surface area contributed by atoms with Crippen molar-refractivity contribution in [3.8, 4) is 0 Å². The summed E-state index contributed by atoms with van der Waals surface area (Å²) in [5, 5.41) is 1.64. The lowest BCUT2D eigenvalue weighted by atomic mass is 10.0. The van der Waals surface area contributed by atoms with E-state index in [4.69, 9.17) is 0 Å². The van der Waals surface area contributed by atoms with Crippen LogP contribution >= 0.6 is 37.0 Å². The molecule has 0 radical (unpaired) electrons. The van der Waals surface area contributed by atoms with Crippen molar-refractivity contribution >= 4 is 37.0 Å². The smallest absolute Gasteiger partial charge is 0.00575 e. The van der Waals surface area contributed by atoms with Gasteiger partial charge in [-0.3, -0.25) is 0 Å². The van der Waals surface area contributed by atoms with E-state index in [2.05, 4.69) is 50.9 Å². The van der Waals surface area contributed by atoms with Crippen molar-refractivity contribution in [1.29, 1.82) is 0 Å². The zero-order valence-corrected chi connectivity index (χ0v) is 32.5. The molecule has 0 spiro atoms. The largest absolute Gasteiger partial charge is 0.179 e. The minimum absolute atomic E-state index is 0.820. The molecule has 3 heteroatoms. The Morgan fingerprint density at radius 1 is 0.302 bits per heavy atom. The summed E-state index contributed by atoms with van der Waals surface area (Å²) >= 11 is 11.6. The highest BCUT2D eigenvalue weighted by molar-refractivity contribution is 8.00. The summed E-state index contributed by atoms with van der Waals surface area (Å²) in [5.41, 5.74) is 0. The van der Waals surface area contributed by atoms with Crippen LogP contribution in [0.3, 0.4) is 0 Å². The van der Waals surface area contributed by atoms with Crippen LogP contribution in [0.1, 0.15) is 232 Å². The standard InChI is InChI=1S/C40H82S3/c1-3-5-7-9-11-13-15-17-19-21-23-25-27-29-31-33-39(35-37-41)43-40(36-38-42)34-32-30-28-26-24-22-20-18-16-14-12-10-8-6-4-2/h39-42H,3-38H2,1-2H3. The highest BCUT2D eigenvalue weighted by atomic mass is 32.2. The van der Waals surface area contributed by atoms with E-state index in [0.29, 0.717) is 0 Å². The maximum Gasteiger partial charge on any atom is 0.00575 e. The maximum atomic E-state index is 4.62. The van der Waals surface area contributed by atoms with Crippen LogP contribution in [-0.4, -0.2) is 22.0 Å². The molecule has 0 aliphatic rings. The molecular weight excluding hydrogens is 577 g/mol. The van der Waals surface area contributed by atoms with Crippen molar-refractivity contribution in [2.24, 2.45) is 0 Å². The summed E-state index contributed by atoms with van der Waals surface area (Å²) < 4.78 is 0. The van der Waals surface area contributed by atoms with Gasteiger partial charge in [0.25, 0.3) is 0 Å². The van der Waals surface area contributed by atoms with Crippen LogP contribution in [0.2, 0.25) is 0 Å². The first-order chi connectivity index (χ1) is 21.3. The van der Waals surface area contributed by atoms with E-state index in [1.54, 1.807) is 0 Å². The Hall–Kier alpha value is 1.05. The van der Waals surface area contributed by atoms with E-state index < -0.39 is 0 Å². The lowest BCUT2D eigenvalue weighted by molar-refractivity contribution is 0.525. The molecule has 43 heavy (non-hydrogen) atoms. The summed E-state index contributed by atoms with van der Waals surface area (Å²) in [6, 6.07) is 0. The van der Waals surface area contributed by atoms with Gasteiger partial charge in [-0.15, -0.1) is 0 Å². The van der Waals surface area contributed by atoms with E-state index in [9.17, 15) is 0 Å². The van der Waals surface area contributed by atoms with Gasteiger partial charge in [0, 0.05) is 10.5 Å². The molecule has 0 amide bonds. The minimum atomic E-state index is 0.820. The predicted molar refractivity (Wildman–Crippen MR) is 211 cm³/mol. The molecule has 2 unspecified atom stereocenters. The quantitative estimate of drug-likeness (QED) is 0.0492.